The topological polar surface area (TPSA) is 82.0 Å². The van der Waals surface area contributed by atoms with Crippen LogP contribution in [0.3, 0.4) is 0 Å². The highest BCUT2D eigenvalue weighted by Gasteiger charge is 1.99. The summed E-state index contributed by atoms with van der Waals surface area (Å²) in [5, 5.41) is 14.2. The second-order valence-corrected chi connectivity index (χ2v) is 1.69. The van der Waals surface area contributed by atoms with Gasteiger partial charge in [0, 0.05) is 6.07 Å². The van der Waals surface area contributed by atoms with Gasteiger partial charge in [0.25, 0.3) is 0 Å². The smallest absolute Gasteiger partial charge is 0.223 e. The molecule has 2 N–H and O–H groups in total. The van der Waals surface area contributed by atoms with Crippen molar-refractivity contribution < 1.29 is 0 Å². The van der Waals surface area contributed by atoms with Gasteiger partial charge < -0.3 is 5.73 Å². The molecule has 0 saturated carbocycles. The third kappa shape index (κ3) is 0.524. The molecule has 0 aromatic carbocycles. The Labute approximate surface area is 55.6 Å². The van der Waals surface area contributed by atoms with Gasteiger partial charge >= 0.3 is 0 Å². The Morgan fingerprint density at radius 1 is 1.60 bits per heavy atom. The van der Waals surface area contributed by atoms with Crippen molar-refractivity contribution in [1.82, 2.24) is 25.3 Å². The summed E-state index contributed by atoms with van der Waals surface area (Å²) in [6, 6.07) is 2.66. The van der Waals surface area contributed by atoms with E-state index in [1.165, 1.54) is 10.8 Å². The van der Waals surface area contributed by atoms with Gasteiger partial charge in [0.05, 0.1) is 11.9 Å². The van der Waals surface area contributed by atoms with Crippen LogP contribution in [0.25, 0.3) is 5.65 Å². The zero-order chi connectivity index (χ0) is 6.97. The Kier molecular flexibility index (Phi) is 0.830. The third-order valence-electron chi connectivity index (χ3n) is 1.08. The first-order chi connectivity index (χ1) is 4.88. The van der Waals surface area contributed by atoms with E-state index in [0.29, 0.717) is 11.3 Å². The van der Waals surface area contributed by atoms with Crippen LogP contribution < -0.4 is 5.73 Å². The highest BCUT2D eigenvalue weighted by atomic mass is 15.6. The highest BCUT2D eigenvalue weighted by molar-refractivity contribution is 5.60. The first-order valence-electron chi connectivity index (χ1n) is 2.58. The molecule has 0 amide bonds. The fraction of sp³-hybridized carbons (Fsp3) is 0. The normalized spacial score (nSPS) is 10.4. The number of fused-ring (bicyclic) bond motifs is 1. The van der Waals surface area contributed by atoms with E-state index in [0.717, 1.165) is 0 Å². The monoisotopic (exact) mass is 135 g/mol. The third-order valence-corrected chi connectivity index (χ3v) is 1.08. The van der Waals surface area contributed by atoms with Crippen LogP contribution in [0.5, 0.6) is 0 Å². The number of hydrogen-bond acceptors (Lipinski definition) is 5. The standard InChI is InChI=1S/C4H3N6/c5-3-1-2-6-10-4(3)7-8-9-10/h2H,5H2. The van der Waals surface area contributed by atoms with Gasteiger partial charge in [-0.1, -0.05) is 0 Å². The highest BCUT2D eigenvalue weighted by Crippen LogP contribution is 2.02. The molecule has 0 bridgehead atoms. The lowest BCUT2D eigenvalue weighted by Gasteiger charge is -1.88. The van der Waals surface area contributed by atoms with E-state index in [9.17, 15) is 0 Å². The van der Waals surface area contributed by atoms with Gasteiger partial charge in [0.15, 0.2) is 0 Å². The molecular weight excluding hydrogens is 132 g/mol. The number of tetrazole rings is 1. The molecule has 0 atom stereocenters. The molecular formula is C4H3N6. The van der Waals surface area contributed by atoms with Crippen molar-refractivity contribution >= 4 is 11.3 Å². The Morgan fingerprint density at radius 3 is 3.30 bits per heavy atom. The lowest BCUT2D eigenvalue weighted by Crippen LogP contribution is -1.97. The Hall–Kier alpha value is -1.72. The summed E-state index contributed by atoms with van der Waals surface area (Å²) in [5.41, 5.74) is 6.28. The lowest BCUT2D eigenvalue weighted by molar-refractivity contribution is 0.733. The van der Waals surface area contributed by atoms with E-state index >= 15 is 0 Å². The summed E-state index contributed by atoms with van der Waals surface area (Å²) in [7, 11) is 0. The minimum atomic E-state index is 0.403. The molecule has 0 aliphatic carbocycles. The molecule has 49 valence electrons. The van der Waals surface area contributed by atoms with Crippen molar-refractivity contribution in [1.29, 1.82) is 0 Å². The van der Waals surface area contributed by atoms with E-state index in [-0.39, 0.29) is 0 Å². The molecule has 2 rings (SSSR count). The van der Waals surface area contributed by atoms with Gasteiger partial charge in [0.1, 0.15) is 0 Å². The first-order valence-corrected chi connectivity index (χ1v) is 2.58. The van der Waals surface area contributed by atoms with Crippen molar-refractivity contribution in [3.63, 3.8) is 0 Å². The van der Waals surface area contributed by atoms with Crippen molar-refractivity contribution in [3.05, 3.63) is 12.3 Å². The molecule has 10 heavy (non-hydrogen) atoms. The number of nitrogen functional groups attached to an aromatic ring is 1. The Morgan fingerprint density at radius 2 is 2.50 bits per heavy atom. The van der Waals surface area contributed by atoms with Crippen molar-refractivity contribution in [2.45, 2.75) is 0 Å². The molecule has 2 aromatic rings. The molecule has 2 aromatic heterocycles. The van der Waals surface area contributed by atoms with Crippen LogP contribution >= 0.6 is 0 Å². The zero-order valence-corrected chi connectivity index (χ0v) is 4.89. The zero-order valence-electron chi connectivity index (χ0n) is 4.89. The van der Waals surface area contributed by atoms with Gasteiger partial charge in [-0.05, 0) is 10.4 Å². The summed E-state index contributed by atoms with van der Waals surface area (Å²) < 4.78 is 1.24. The molecule has 0 saturated heterocycles. The van der Waals surface area contributed by atoms with E-state index < -0.39 is 0 Å². The number of nitrogens with two attached hydrogens (primary N) is 1. The van der Waals surface area contributed by atoms with Crippen LogP contribution in [0.1, 0.15) is 0 Å². The number of hydrogen-bond donors (Lipinski definition) is 1. The fourth-order valence-corrected chi connectivity index (χ4v) is 0.640. The minimum Gasteiger partial charge on any atom is -0.395 e. The maximum atomic E-state index is 5.44. The summed E-state index contributed by atoms with van der Waals surface area (Å²) in [5.74, 6) is 0. The van der Waals surface area contributed by atoms with Gasteiger partial charge in [-0.25, -0.2) is 0 Å². The van der Waals surface area contributed by atoms with Crippen LogP contribution in [-0.4, -0.2) is 25.3 Å². The van der Waals surface area contributed by atoms with E-state index in [2.05, 4.69) is 26.7 Å². The molecule has 2 heterocycles. The van der Waals surface area contributed by atoms with E-state index in [1.54, 1.807) is 0 Å². The second-order valence-electron chi connectivity index (χ2n) is 1.69. The average Bonchev–Trinajstić information content (AvgIpc) is 2.36. The largest absolute Gasteiger partial charge is 0.395 e. The molecule has 1 radical (unpaired) electrons. The summed E-state index contributed by atoms with van der Waals surface area (Å²) >= 11 is 0. The average molecular weight is 135 g/mol. The van der Waals surface area contributed by atoms with Crippen LogP contribution in [0.15, 0.2) is 6.20 Å². The first kappa shape index (κ1) is 5.10. The maximum absolute atomic E-state index is 5.44. The summed E-state index contributed by atoms with van der Waals surface area (Å²) in [6.07, 6.45) is 1.42. The number of rotatable bonds is 0. The molecule has 0 aliphatic heterocycles. The van der Waals surface area contributed by atoms with Crippen LogP contribution in [0.2, 0.25) is 0 Å². The Balaban J connectivity index is 2.95. The van der Waals surface area contributed by atoms with E-state index in [1.807, 2.05) is 0 Å². The van der Waals surface area contributed by atoms with Gasteiger partial charge in [-0.15, -0.1) is 9.73 Å². The molecule has 0 unspecified atom stereocenters. The van der Waals surface area contributed by atoms with E-state index in [4.69, 9.17) is 5.73 Å². The minimum absolute atomic E-state index is 0.403. The molecule has 0 fully saturated rings. The molecule has 6 heteroatoms. The van der Waals surface area contributed by atoms with Gasteiger partial charge in [-0.3, -0.25) is 0 Å². The lowest BCUT2D eigenvalue weighted by atomic mass is 10.5. The van der Waals surface area contributed by atoms with Crippen molar-refractivity contribution in [2.75, 3.05) is 5.73 Å². The van der Waals surface area contributed by atoms with Crippen LogP contribution in [0.4, 0.5) is 5.69 Å². The van der Waals surface area contributed by atoms with Crippen LogP contribution in [0, 0.1) is 6.07 Å². The van der Waals surface area contributed by atoms with Crippen molar-refractivity contribution in [3.8, 4) is 0 Å². The second kappa shape index (κ2) is 1.63. The number of aromatic nitrogens is 5. The summed E-state index contributed by atoms with van der Waals surface area (Å²) in [4.78, 5) is 0. The van der Waals surface area contributed by atoms with Crippen molar-refractivity contribution in [2.24, 2.45) is 0 Å². The molecule has 6 nitrogen and oxygen atoms in total. The number of anilines is 1. The van der Waals surface area contributed by atoms with Gasteiger partial charge in [-0.2, -0.15) is 5.10 Å². The predicted molar refractivity (Wildman–Crippen MR) is 31.8 cm³/mol. The fourth-order valence-electron chi connectivity index (χ4n) is 0.640. The SMILES string of the molecule is Nc1[c]cnn2nnnc12. The quantitative estimate of drug-likeness (QED) is 0.496. The number of nitrogens with zero attached hydrogens (tertiary/aromatic N) is 5. The van der Waals surface area contributed by atoms with Gasteiger partial charge in [0.2, 0.25) is 5.65 Å². The predicted octanol–water partition coefficient (Wildman–Crippen LogP) is -1.10. The van der Waals surface area contributed by atoms with Crippen LogP contribution in [-0.2, 0) is 0 Å². The molecule has 0 spiro atoms. The maximum Gasteiger partial charge on any atom is 0.223 e. The molecule has 0 aliphatic rings. The Bertz CT molecular complexity index is 351. The summed E-state index contributed by atoms with van der Waals surface area (Å²) in [6.45, 7) is 0.